The number of hydrogen-bond acceptors (Lipinski definition) is 0. The van der Waals surface area contributed by atoms with Crippen LogP contribution in [0.5, 0.6) is 0 Å². The van der Waals surface area contributed by atoms with Crippen molar-refractivity contribution in [3.63, 3.8) is 0 Å². The molecule has 0 spiro atoms. The second-order valence-electron chi connectivity index (χ2n) is 5.37. The van der Waals surface area contributed by atoms with E-state index in [0.717, 1.165) is 19.3 Å². The molecule has 0 radical (unpaired) electrons. The van der Waals surface area contributed by atoms with E-state index in [-0.39, 0.29) is 0 Å². The average Bonchev–Trinajstić information content (AvgIpc) is 2.53. The molecule has 2 aromatic rings. The Morgan fingerprint density at radius 1 is 1.00 bits per heavy atom. The van der Waals surface area contributed by atoms with Gasteiger partial charge in [0.25, 0.3) is 0 Å². The lowest BCUT2D eigenvalue weighted by Gasteiger charge is -2.07. The monoisotopic (exact) mass is 276 g/mol. The van der Waals surface area contributed by atoms with Crippen LogP contribution in [0.4, 0.5) is 0 Å². The number of unbranched alkanes of at least 4 members (excludes halogenated alkanes) is 3. The third-order valence-electron chi connectivity index (χ3n) is 3.72. The van der Waals surface area contributed by atoms with Gasteiger partial charge < -0.3 is 0 Å². The maximum Gasteiger partial charge on any atom is 0.00887 e. The highest BCUT2D eigenvalue weighted by Crippen LogP contribution is 2.25. The van der Waals surface area contributed by atoms with Gasteiger partial charge in [0.15, 0.2) is 0 Å². The van der Waals surface area contributed by atoms with Crippen LogP contribution in [0.15, 0.2) is 48.5 Å². The van der Waals surface area contributed by atoms with Gasteiger partial charge in [0.05, 0.1) is 0 Å². The van der Waals surface area contributed by atoms with Gasteiger partial charge in [0.1, 0.15) is 0 Å². The van der Waals surface area contributed by atoms with Gasteiger partial charge in [0, 0.05) is 12.8 Å². The lowest BCUT2D eigenvalue weighted by molar-refractivity contribution is 0.772. The molecule has 0 heteroatoms. The standard InChI is InChI=1S/C21H24/c1-3-4-5-6-7-8-9-13-18(2)20-17-12-15-19-14-10-11-16-21(19)20/h10-17H,3,6-9H2,1-2H3. The highest BCUT2D eigenvalue weighted by atomic mass is 14.1. The Morgan fingerprint density at radius 2 is 1.81 bits per heavy atom. The molecular formula is C21H24. The van der Waals surface area contributed by atoms with Gasteiger partial charge in [0.2, 0.25) is 0 Å². The molecule has 0 nitrogen and oxygen atoms in total. The molecule has 0 fully saturated rings. The van der Waals surface area contributed by atoms with E-state index in [1.807, 2.05) is 0 Å². The van der Waals surface area contributed by atoms with Crippen LogP contribution in [0.2, 0.25) is 0 Å². The summed E-state index contributed by atoms with van der Waals surface area (Å²) in [4.78, 5) is 0. The van der Waals surface area contributed by atoms with E-state index in [9.17, 15) is 0 Å². The second kappa shape index (κ2) is 8.32. The van der Waals surface area contributed by atoms with E-state index in [1.54, 1.807) is 0 Å². The molecule has 0 heterocycles. The molecule has 0 amide bonds. The zero-order valence-electron chi connectivity index (χ0n) is 13.2. The number of hydrogen-bond donors (Lipinski definition) is 0. The van der Waals surface area contributed by atoms with Crippen LogP contribution in [-0.4, -0.2) is 0 Å². The van der Waals surface area contributed by atoms with Gasteiger partial charge in [-0.3, -0.25) is 0 Å². The van der Waals surface area contributed by atoms with E-state index in [1.165, 1.54) is 34.8 Å². The van der Waals surface area contributed by atoms with E-state index in [2.05, 4.69) is 74.2 Å². The Kier molecular flexibility index (Phi) is 6.10. The summed E-state index contributed by atoms with van der Waals surface area (Å²) < 4.78 is 0. The van der Waals surface area contributed by atoms with E-state index >= 15 is 0 Å². The Hall–Kier alpha value is -2.00. The predicted octanol–water partition coefficient (Wildman–Crippen LogP) is 6.22. The molecule has 0 saturated heterocycles. The Bertz CT molecular complexity index is 660. The van der Waals surface area contributed by atoms with Gasteiger partial charge in [-0.25, -0.2) is 0 Å². The number of allylic oxidation sites excluding steroid dienone is 2. The molecular weight excluding hydrogens is 252 g/mol. The maximum atomic E-state index is 3.21. The molecule has 108 valence electrons. The van der Waals surface area contributed by atoms with Crippen LogP contribution < -0.4 is 0 Å². The Balaban J connectivity index is 1.98. The number of fused-ring (bicyclic) bond motifs is 1. The van der Waals surface area contributed by atoms with Crippen LogP contribution >= 0.6 is 0 Å². The highest BCUT2D eigenvalue weighted by molar-refractivity contribution is 5.93. The molecule has 0 bridgehead atoms. The topological polar surface area (TPSA) is 0 Å². The summed E-state index contributed by atoms with van der Waals surface area (Å²) in [5.74, 6) is 6.34. The van der Waals surface area contributed by atoms with Crippen molar-refractivity contribution < 1.29 is 0 Å². The van der Waals surface area contributed by atoms with Crippen molar-refractivity contribution in [1.29, 1.82) is 0 Å². The first-order chi connectivity index (χ1) is 10.3. The lowest BCUT2D eigenvalue weighted by atomic mass is 9.98. The van der Waals surface area contributed by atoms with Crippen molar-refractivity contribution in [3.05, 3.63) is 54.1 Å². The van der Waals surface area contributed by atoms with Crippen molar-refractivity contribution in [2.75, 3.05) is 0 Å². The molecule has 2 aromatic carbocycles. The van der Waals surface area contributed by atoms with Crippen LogP contribution in [0.25, 0.3) is 16.3 Å². The Morgan fingerprint density at radius 3 is 2.67 bits per heavy atom. The minimum absolute atomic E-state index is 0.972. The van der Waals surface area contributed by atoms with Crippen LogP contribution in [0, 0.1) is 11.8 Å². The van der Waals surface area contributed by atoms with E-state index < -0.39 is 0 Å². The second-order valence-corrected chi connectivity index (χ2v) is 5.37. The third kappa shape index (κ3) is 4.50. The van der Waals surface area contributed by atoms with E-state index in [4.69, 9.17) is 0 Å². The molecule has 0 N–H and O–H groups in total. The highest BCUT2D eigenvalue weighted by Gasteiger charge is 2.01. The van der Waals surface area contributed by atoms with Crippen LogP contribution in [0.1, 0.15) is 51.5 Å². The fourth-order valence-electron chi connectivity index (χ4n) is 2.57. The smallest absolute Gasteiger partial charge is 0.00887 e. The summed E-state index contributed by atoms with van der Waals surface area (Å²) in [6.45, 7) is 4.32. The summed E-state index contributed by atoms with van der Waals surface area (Å²) in [5, 5.41) is 2.67. The van der Waals surface area contributed by atoms with Gasteiger partial charge in [-0.05, 0) is 48.1 Å². The quantitative estimate of drug-likeness (QED) is 0.449. The van der Waals surface area contributed by atoms with E-state index in [0.29, 0.717) is 0 Å². The number of benzene rings is 2. The lowest BCUT2D eigenvalue weighted by Crippen LogP contribution is -1.83. The fourth-order valence-corrected chi connectivity index (χ4v) is 2.57. The molecule has 0 atom stereocenters. The van der Waals surface area contributed by atoms with Crippen molar-refractivity contribution in [1.82, 2.24) is 0 Å². The normalized spacial score (nSPS) is 11.2. The summed E-state index contributed by atoms with van der Waals surface area (Å²) in [5.41, 5.74) is 2.74. The summed E-state index contributed by atoms with van der Waals surface area (Å²) in [7, 11) is 0. The average molecular weight is 276 g/mol. The van der Waals surface area contributed by atoms with Crippen molar-refractivity contribution in [3.8, 4) is 11.8 Å². The molecule has 0 aromatic heterocycles. The summed E-state index contributed by atoms with van der Waals surface area (Å²) >= 11 is 0. The zero-order valence-corrected chi connectivity index (χ0v) is 13.2. The van der Waals surface area contributed by atoms with Crippen LogP contribution in [0.3, 0.4) is 0 Å². The molecule has 2 rings (SSSR count). The molecule has 0 aliphatic heterocycles. The van der Waals surface area contributed by atoms with Crippen molar-refractivity contribution in [2.24, 2.45) is 0 Å². The first-order valence-electron chi connectivity index (χ1n) is 7.93. The zero-order chi connectivity index (χ0) is 14.9. The van der Waals surface area contributed by atoms with Crippen LogP contribution in [-0.2, 0) is 0 Å². The first kappa shape index (κ1) is 15.4. The third-order valence-corrected chi connectivity index (χ3v) is 3.72. The Labute approximate surface area is 128 Å². The minimum Gasteiger partial charge on any atom is -0.104 e. The predicted molar refractivity (Wildman–Crippen MR) is 94.1 cm³/mol. The van der Waals surface area contributed by atoms with Gasteiger partial charge >= 0.3 is 0 Å². The van der Waals surface area contributed by atoms with Crippen molar-refractivity contribution >= 4 is 16.3 Å². The largest absolute Gasteiger partial charge is 0.104 e. The molecule has 0 aliphatic rings. The molecule has 0 aliphatic carbocycles. The fraction of sp³-hybridized carbons (Fsp3) is 0.333. The maximum absolute atomic E-state index is 3.21. The number of rotatable bonds is 5. The molecule has 0 saturated carbocycles. The summed E-state index contributed by atoms with van der Waals surface area (Å²) in [6, 6.07) is 15.2. The minimum atomic E-state index is 0.972. The van der Waals surface area contributed by atoms with Gasteiger partial charge in [-0.15, -0.1) is 11.8 Å². The SMILES string of the molecule is CCC#CCCCCC=C(C)c1cccc2ccccc12. The summed E-state index contributed by atoms with van der Waals surface area (Å²) in [6.07, 6.45) is 7.94. The molecule has 0 unspecified atom stereocenters. The first-order valence-corrected chi connectivity index (χ1v) is 7.93. The van der Waals surface area contributed by atoms with Crippen molar-refractivity contribution in [2.45, 2.75) is 46.0 Å². The van der Waals surface area contributed by atoms with Gasteiger partial charge in [-0.2, -0.15) is 0 Å². The van der Waals surface area contributed by atoms with Gasteiger partial charge in [-0.1, -0.05) is 55.5 Å². The molecule has 21 heavy (non-hydrogen) atoms.